The molecule has 94 valence electrons. The highest BCUT2D eigenvalue weighted by atomic mass is 79.9. The first-order valence-corrected chi connectivity index (χ1v) is 6.23. The second-order valence-electron chi connectivity index (χ2n) is 3.92. The van der Waals surface area contributed by atoms with Gasteiger partial charge in [0, 0.05) is 4.47 Å². The van der Waals surface area contributed by atoms with E-state index in [2.05, 4.69) is 15.9 Å². The van der Waals surface area contributed by atoms with Crippen molar-refractivity contribution in [3.8, 4) is 0 Å². The monoisotopic (exact) mass is 303 g/mol. The summed E-state index contributed by atoms with van der Waals surface area (Å²) in [5.41, 5.74) is 6.43. The van der Waals surface area contributed by atoms with Crippen molar-refractivity contribution >= 4 is 27.6 Å². The summed E-state index contributed by atoms with van der Waals surface area (Å²) in [6.07, 6.45) is 2.12. The molecule has 1 aromatic carbocycles. The van der Waals surface area contributed by atoms with Gasteiger partial charge in [0.1, 0.15) is 5.82 Å². The van der Waals surface area contributed by atoms with Crippen LogP contribution in [0.25, 0.3) is 0 Å². The molecule has 1 aromatic rings. The van der Waals surface area contributed by atoms with Crippen molar-refractivity contribution < 1.29 is 14.3 Å². The Kier molecular flexibility index (Phi) is 4.93. The molecule has 1 rings (SSSR count). The average molecular weight is 304 g/mol. The van der Waals surface area contributed by atoms with Gasteiger partial charge in [-0.3, -0.25) is 4.79 Å². The molecule has 3 nitrogen and oxygen atoms in total. The van der Waals surface area contributed by atoms with Crippen LogP contribution < -0.4 is 5.73 Å². The molecule has 0 saturated heterocycles. The summed E-state index contributed by atoms with van der Waals surface area (Å²) in [7, 11) is 0. The molecule has 3 N–H and O–H groups in total. The number of aliphatic carboxylic acids is 1. The molecule has 0 amide bonds. The third kappa shape index (κ3) is 3.43. The van der Waals surface area contributed by atoms with Gasteiger partial charge < -0.3 is 10.8 Å². The number of halogens is 2. The van der Waals surface area contributed by atoms with E-state index in [-0.39, 0.29) is 0 Å². The number of hydrogen-bond donors (Lipinski definition) is 2. The van der Waals surface area contributed by atoms with Crippen LogP contribution in [0.1, 0.15) is 37.7 Å². The van der Waals surface area contributed by atoms with Crippen molar-refractivity contribution in [3.63, 3.8) is 0 Å². The second-order valence-corrected chi connectivity index (χ2v) is 4.78. The van der Waals surface area contributed by atoms with E-state index in [9.17, 15) is 9.18 Å². The molecular formula is C12H15BrFNO2. The fourth-order valence-corrected chi connectivity index (χ4v) is 2.16. The van der Waals surface area contributed by atoms with Crippen LogP contribution in [0.15, 0.2) is 16.6 Å². The number of nitrogens with two attached hydrogens (primary N) is 1. The lowest BCUT2D eigenvalue weighted by Gasteiger charge is -2.15. The first kappa shape index (κ1) is 14.0. The van der Waals surface area contributed by atoms with Crippen LogP contribution in [-0.4, -0.2) is 11.1 Å². The molecule has 0 fully saturated rings. The van der Waals surface area contributed by atoms with E-state index >= 15 is 0 Å². The Morgan fingerprint density at radius 2 is 2.24 bits per heavy atom. The van der Waals surface area contributed by atoms with Gasteiger partial charge in [0.2, 0.25) is 0 Å². The van der Waals surface area contributed by atoms with Crippen molar-refractivity contribution in [2.24, 2.45) is 0 Å². The maximum absolute atomic E-state index is 13.3. The Morgan fingerprint density at radius 3 is 2.76 bits per heavy atom. The summed E-state index contributed by atoms with van der Waals surface area (Å²) in [6, 6.07) is 2.44. The lowest BCUT2D eigenvalue weighted by molar-refractivity contribution is -0.139. The summed E-state index contributed by atoms with van der Waals surface area (Å²) in [4.78, 5) is 11.2. The highest BCUT2D eigenvalue weighted by molar-refractivity contribution is 9.10. The van der Waals surface area contributed by atoms with Crippen LogP contribution in [0, 0.1) is 5.82 Å². The quantitative estimate of drug-likeness (QED) is 0.818. The third-order valence-corrected chi connectivity index (χ3v) is 3.30. The Morgan fingerprint density at radius 1 is 1.59 bits per heavy atom. The Hall–Kier alpha value is -1.10. The third-order valence-electron chi connectivity index (χ3n) is 2.65. The molecule has 5 heteroatoms. The van der Waals surface area contributed by atoms with Gasteiger partial charge in [0.15, 0.2) is 0 Å². The second kappa shape index (κ2) is 6.00. The van der Waals surface area contributed by atoms with E-state index in [1.165, 1.54) is 12.1 Å². The van der Waals surface area contributed by atoms with E-state index in [4.69, 9.17) is 10.8 Å². The largest absolute Gasteiger partial charge is 0.481 e. The smallest absolute Gasteiger partial charge is 0.311 e. The maximum atomic E-state index is 13.3. The lowest BCUT2D eigenvalue weighted by Crippen LogP contribution is -2.14. The molecule has 0 heterocycles. The zero-order chi connectivity index (χ0) is 13.0. The van der Waals surface area contributed by atoms with Gasteiger partial charge >= 0.3 is 5.97 Å². The average Bonchev–Trinajstić information content (AvgIpc) is 2.24. The van der Waals surface area contributed by atoms with Gasteiger partial charge in [-0.1, -0.05) is 19.8 Å². The van der Waals surface area contributed by atoms with Crippen LogP contribution in [0.5, 0.6) is 0 Å². The molecule has 0 aliphatic rings. The topological polar surface area (TPSA) is 63.3 Å². The van der Waals surface area contributed by atoms with E-state index in [0.29, 0.717) is 22.1 Å². The Bertz CT molecular complexity index is 423. The van der Waals surface area contributed by atoms with Gasteiger partial charge in [0.05, 0.1) is 11.6 Å². The minimum absolute atomic E-state index is 0.301. The molecule has 0 aliphatic carbocycles. The normalized spacial score (nSPS) is 12.4. The number of benzene rings is 1. The number of rotatable bonds is 5. The van der Waals surface area contributed by atoms with E-state index in [0.717, 1.165) is 12.8 Å². The number of carboxylic acids is 1. The highest BCUT2D eigenvalue weighted by Gasteiger charge is 2.23. The standard InChI is InChI=1S/C12H15BrFNO2/c1-2-3-4-8(12(16)17)9-5-7(14)6-10(13)11(9)15/h5-6,8H,2-4,15H2,1H3,(H,16,17). The molecular weight excluding hydrogens is 289 g/mol. The van der Waals surface area contributed by atoms with Crippen LogP contribution >= 0.6 is 15.9 Å². The first-order valence-electron chi connectivity index (χ1n) is 5.44. The molecule has 0 spiro atoms. The lowest BCUT2D eigenvalue weighted by atomic mass is 9.92. The fraction of sp³-hybridized carbons (Fsp3) is 0.417. The minimum atomic E-state index is -0.970. The van der Waals surface area contributed by atoms with Gasteiger partial charge in [-0.2, -0.15) is 0 Å². The van der Waals surface area contributed by atoms with Crippen molar-refractivity contribution in [1.82, 2.24) is 0 Å². The highest BCUT2D eigenvalue weighted by Crippen LogP contribution is 2.33. The number of unbranched alkanes of at least 4 members (excludes halogenated alkanes) is 1. The van der Waals surface area contributed by atoms with Crippen LogP contribution in [0.3, 0.4) is 0 Å². The van der Waals surface area contributed by atoms with Gasteiger partial charge in [0.25, 0.3) is 0 Å². The van der Waals surface area contributed by atoms with Crippen LogP contribution in [-0.2, 0) is 4.79 Å². The number of carbonyl (C=O) groups is 1. The number of nitrogen functional groups attached to an aromatic ring is 1. The predicted molar refractivity (Wildman–Crippen MR) is 68.4 cm³/mol. The van der Waals surface area contributed by atoms with E-state index in [1.807, 2.05) is 6.92 Å². The summed E-state index contributed by atoms with van der Waals surface area (Å²) >= 11 is 3.12. The summed E-state index contributed by atoms with van der Waals surface area (Å²) in [5.74, 6) is -2.20. The Balaban J connectivity index is 3.13. The molecule has 0 radical (unpaired) electrons. The van der Waals surface area contributed by atoms with Crippen molar-refractivity contribution in [3.05, 3.63) is 28.0 Å². The molecule has 1 atom stereocenters. The van der Waals surface area contributed by atoms with E-state index < -0.39 is 17.7 Å². The minimum Gasteiger partial charge on any atom is -0.481 e. The molecule has 0 aliphatic heterocycles. The van der Waals surface area contributed by atoms with Gasteiger partial charge in [-0.05, 0) is 40.0 Å². The maximum Gasteiger partial charge on any atom is 0.311 e. The number of hydrogen-bond acceptors (Lipinski definition) is 2. The molecule has 0 bridgehead atoms. The van der Waals surface area contributed by atoms with E-state index in [1.54, 1.807) is 0 Å². The van der Waals surface area contributed by atoms with Gasteiger partial charge in [-0.25, -0.2) is 4.39 Å². The van der Waals surface area contributed by atoms with Crippen molar-refractivity contribution in [1.29, 1.82) is 0 Å². The molecule has 1 unspecified atom stereocenters. The van der Waals surface area contributed by atoms with Crippen molar-refractivity contribution in [2.45, 2.75) is 32.1 Å². The van der Waals surface area contributed by atoms with Crippen molar-refractivity contribution in [2.75, 3.05) is 5.73 Å². The van der Waals surface area contributed by atoms with Crippen LogP contribution in [0.2, 0.25) is 0 Å². The zero-order valence-corrected chi connectivity index (χ0v) is 11.1. The number of anilines is 1. The molecule has 17 heavy (non-hydrogen) atoms. The van der Waals surface area contributed by atoms with Gasteiger partial charge in [-0.15, -0.1) is 0 Å². The molecule has 0 aromatic heterocycles. The summed E-state index contributed by atoms with van der Waals surface area (Å²) in [5, 5.41) is 9.17. The SMILES string of the molecule is CCCCC(C(=O)O)c1cc(F)cc(Br)c1N. The number of carboxylic acid groups (broad SMARTS) is 1. The summed E-state index contributed by atoms with van der Waals surface area (Å²) in [6.45, 7) is 1.98. The molecule has 0 saturated carbocycles. The Labute approximate surface area is 108 Å². The van der Waals surface area contributed by atoms with Crippen LogP contribution in [0.4, 0.5) is 10.1 Å². The zero-order valence-electron chi connectivity index (χ0n) is 9.54. The fourth-order valence-electron chi connectivity index (χ4n) is 1.71. The first-order chi connectivity index (χ1) is 7.97. The predicted octanol–water partition coefficient (Wildman–Crippen LogP) is 3.53. The summed E-state index contributed by atoms with van der Waals surface area (Å²) < 4.78 is 13.7.